The van der Waals surface area contributed by atoms with Crippen molar-refractivity contribution in [2.24, 2.45) is 0 Å². The van der Waals surface area contributed by atoms with E-state index in [2.05, 4.69) is 17.8 Å². The lowest BCUT2D eigenvalue weighted by Crippen LogP contribution is -1.95. The van der Waals surface area contributed by atoms with E-state index in [0.717, 1.165) is 0 Å². The number of nitrogens with two attached hydrogens (primary N) is 1. The van der Waals surface area contributed by atoms with Gasteiger partial charge in [-0.1, -0.05) is 17.8 Å². The predicted molar refractivity (Wildman–Crippen MR) is 54.7 cm³/mol. The van der Waals surface area contributed by atoms with E-state index in [1.54, 1.807) is 12.1 Å². The first-order valence-corrected chi connectivity index (χ1v) is 3.56. The van der Waals surface area contributed by atoms with Gasteiger partial charge in [0.15, 0.2) is 0 Å². The summed E-state index contributed by atoms with van der Waals surface area (Å²) in [6.45, 7) is 0. The lowest BCUT2D eigenvalue weighted by Gasteiger charge is -2.02. The topological polar surface area (TPSA) is 26.0 Å². The van der Waals surface area contributed by atoms with Crippen LogP contribution in [0.25, 0.3) is 0 Å². The SMILES string of the molecule is C#Cc1cc(C#C)c(N)c(C#C)c1. The molecular formula is C12H7N. The normalized spacial score (nSPS) is 8.08. The Morgan fingerprint density at radius 2 is 1.38 bits per heavy atom. The maximum Gasteiger partial charge on any atom is 0.0632 e. The summed E-state index contributed by atoms with van der Waals surface area (Å²) in [5.74, 6) is 7.31. The Hall–Kier alpha value is -2.30. The second kappa shape index (κ2) is 3.40. The molecular weight excluding hydrogens is 158 g/mol. The van der Waals surface area contributed by atoms with Gasteiger partial charge in [-0.05, 0) is 12.1 Å². The molecule has 0 atom stereocenters. The Bertz CT molecular complexity index is 426. The van der Waals surface area contributed by atoms with Gasteiger partial charge in [-0.2, -0.15) is 0 Å². The second-order valence-corrected chi connectivity index (χ2v) is 2.42. The van der Waals surface area contributed by atoms with Crippen LogP contribution in [0.2, 0.25) is 0 Å². The van der Waals surface area contributed by atoms with Crippen molar-refractivity contribution in [1.29, 1.82) is 0 Å². The number of hydrogen-bond donors (Lipinski definition) is 1. The van der Waals surface area contributed by atoms with Gasteiger partial charge in [0.05, 0.1) is 5.69 Å². The zero-order valence-corrected chi connectivity index (χ0v) is 6.96. The van der Waals surface area contributed by atoms with Crippen LogP contribution in [0.4, 0.5) is 5.69 Å². The molecule has 0 fully saturated rings. The molecule has 0 aromatic heterocycles. The van der Waals surface area contributed by atoms with Crippen LogP contribution in [-0.2, 0) is 0 Å². The third-order valence-electron chi connectivity index (χ3n) is 1.66. The molecule has 1 nitrogen and oxygen atoms in total. The number of hydrogen-bond acceptors (Lipinski definition) is 1. The summed E-state index contributed by atoms with van der Waals surface area (Å²) in [6, 6.07) is 3.33. The largest absolute Gasteiger partial charge is 0.397 e. The summed E-state index contributed by atoms with van der Waals surface area (Å²) in [6.07, 6.45) is 15.7. The van der Waals surface area contributed by atoms with E-state index in [0.29, 0.717) is 22.4 Å². The van der Waals surface area contributed by atoms with Gasteiger partial charge in [-0.3, -0.25) is 0 Å². The average Bonchev–Trinajstić information content (AvgIpc) is 2.18. The molecule has 0 heterocycles. The molecule has 0 amide bonds. The molecule has 0 saturated carbocycles. The van der Waals surface area contributed by atoms with Crippen molar-refractivity contribution in [3.63, 3.8) is 0 Å². The summed E-state index contributed by atoms with van der Waals surface area (Å²) in [5.41, 5.74) is 7.85. The van der Waals surface area contributed by atoms with Crippen molar-refractivity contribution < 1.29 is 0 Å². The molecule has 0 aliphatic carbocycles. The molecule has 0 spiro atoms. The highest BCUT2D eigenvalue weighted by Gasteiger charge is 2.02. The van der Waals surface area contributed by atoms with Gasteiger partial charge in [0.2, 0.25) is 0 Å². The molecule has 60 valence electrons. The molecule has 0 radical (unpaired) electrons. The van der Waals surface area contributed by atoms with Crippen molar-refractivity contribution in [2.45, 2.75) is 0 Å². The summed E-state index contributed by atoms with van der Waals surface area (Å²) < 4.78 is 0. The van der Waals surface area contributed by atoms with Gasteiger partial charge in [0, 0.05) is 16.7 Å². The van der Waals surface area contributed by atoms with Gasteiger partial charge >= 0.3 is 0 Å². The van der Waals surface area contributed by atoms with Gasteiger partial charge in [-0.15, -0.1) is 19.3 Å². The molecule has 1 aromatic carbocycles. The van der Waals surface area contributed by atoms with Crippen molar-refractivity contribution in [3.05, 3.63) is 28.8 Å². The number of benzene rings is 1. The van der Waals surface area contributed by atoms with Crippen LogP contribution in [-0.4, -0.2) is 0 Å². The Balaban J connectivity index is 3.53. The van der Waals surface area contributed by atoms with Crippen molar-refractivity contribution in [2.75, 3.05) is 5.73 Å². The highest BCUT2D eigenvalue weighted by atomic mass is 14.6. The van der Waals surface area contributed by atoms with Crippen molar-refractivity contribution in [1.82, 2.24) is 0 Å². The smallest absolute Gasteiger partial charge is 0.0632 e. The molecule has 13 heavy (non-hydrogen) atoms. The van der Waals surface area contributed by atoms with E-state index in [4.69, 9.17) is 25.0 Å². The second-order valence-electron chi connectivity index (χ2n) is 2.42. The predicted octanol–water partition coefficient (Wildman–Crippen LogP) is 1.21. The number of rotatable bonds is 0. The van der Waals surface area contributed by atoms with E-state index >= 15 is 0 Å². The fraction of sp³-hybridized carbons (Fsp3) is 0. The Kier molecular flexibility index (Phi) is 2.30. The van der Waals surface area contributed by atoms with E-state index in [-0.39, 0.29) is 0 Å². The maximum atomic E-state index is 5.67. The van der Waals surface area contributed by atoms with Crippen LogP contribution >= 0.6 is 0 Å². The molecule has 0 bridgehead atoms. The van der Waals surface area contributed by atoms with E-state index in [9.17, 15) is 0 Å². The number of nitrogen functional groups attached to an aromatic ring is 1. The Morgan fingerprint density at radius 3 is 1.69 bits per heavy atom. The first kappa shape index (κ1) is 8.79. The monoisotopic (exact) mass is 165 g/mol. The van der Waals surface area contributed by atoms with Gasteiger partial charge in [-0.25, -0.2) is 0 Å². The fourth-order valence-electron chi connectivity index (χ4n) is 0.975. The first-order valence-electron chi connectivity index (χ1n) is 3.56. The molecule has 2 N–H and O–H groups in total. The van der Waals surface area contributed by atoms with Crippen molar-refractivity contribution >= 4 is 5.69 Å². The summed E-state index contributed by atoms with van der Waals surface area (Å²) in [7, 11) is 0. The third-order valence-corrected chi connectivity index (χ3v) is 1.66. The molecule has 0 unspecified atom stereocenters. The molecule has 0 aliphatic heterocycles. The molecule has 1 heteroatoms. The van der Waals surface area contributed by atoms with Gasteiger partial charge < -0.3 is 5.73 Å². The van der Waals surface area contributed by atoms with E-state index in [1.807, 2.05) is 0 Å². The van der Waals surface area contributed by atoms with Crippen LogP contribution in [0.3, 0.4) is 0 Å². The zero-order chi connectivity index (χ0) is 9.84. The first-order chi connectivity index (χ1) is 6.22. The minimum absolute atomic E-state index is 0.434. The van der Waals surface area contributed by atoms with Crippen LogP contribution in [0.1, 0.15) is 16.7 Å². The lowest BCUT2D eigenvalue weighted by molar-refractivity contribution is 1.55. The maximum absolute atomic E-state index is 5.67. The highest BCUT2D eigenvalue weighted by molar-refractivity contribution is 5.67. The van der Waals surface area contributed by atoms with Crippen LogP contribution in [0, 0.1) is 37.0 Å². The summed E-state index contributed by atoms with van der Waals surface area (Å²) >= 11 is 0. The quantitative estimate of drug-likeness (QED) is 0.454. The number of anilines is 1. The average molecular weight is 165 g/mol. The Labute approximate surface area is 78.0 Å². The standard InChI is InChI=1S/C12H7N/c1-4-9-7-10(5-2)12(13)11(6-3)8-9/h1-3,7-8H,13H2. The molecule has 1 aromatic rings. The molecule has 1 rings (SSSR count). The number of terminal acetylenes is 3. The Morgan fingerprint density at radius 1 is 0.923 bits per heavy atom. The minimum atomic E-state index is 0.434. The van der Waals surface area contributed by atoms with Crippen LogP contribution < -0.4 is 5.73 Å². The lowest BCUT2D eigenvalue weighted by atomic mass is 10.0. The highest BCUT2D eigenvalue weighted by Crippen LogP contribution is 2.18. The summed E-state index contributed by atoms with van der Waals surface area (Å²) in [4.78, 5) is 0. The zero-order valence-electron chi connectivity index (χ0n) is 6.96. The van der Waals surface area contributed by atoms with Crippen LogP contribution in [0.15, 0.2) is 12.1 Å². The molecule has 0 aliphatic rings. The summed E-state index contributed by atoms with van der Waals surface area (Å²) in [5, 5.41) is 0. The van der Waals surface area contributed by atoms with Crippen LogP contribution in [0.5, 0.6) is 0 Å². The van der Waals surface area contributed by atoms with Crippen molar-refractivity contribution in [3.8, 4) is 37.0 Å². The third kappa shape index (κ3) is 1.48. The van der Waals surface area contributed by atoms with E-state index < -0.39 is 0 Å². The fourth-order valence-corrected chi connectivity index (χ4v) is 0.975. The van der Waals surface area contributed by atoms with E-state index in [1.165, 1.54) is 0 Å². The molecule has 0 saturated heterocycles. The van der Waals surface area contributed by atoms with Gasteiger partial charge in [0.1, 0.15) is 0 Å². The van der Waals surface area contributed by atoms with Gasteiger partial charge in [0.25, 0.3) is 0 Å². The minimum Gasteiger partial charge on any atom is -0.397 e.